The van der Waals surface area contributed by atoms with E-state index >= 15 is 0 Å². The van der Waals surface area contributed by atoms with Gasteiger partial charge in [-0.25, -0.2) is 8.42 Å². The highest BCUT2D eigenvalue weighted by atomic mass is 35.5. The Kier molecular flexibility index (Phi) is 7.61. The maximum Gasteiger partial charge on any atom is 0.241 e. The van der Waals surface area contributed by atoms with Crippen molar-refractivity contribution in [1.29, 1.82) is 0 Å². The zero-order chi connectivity index (χ0) is 19.9. The minimum atomic E-state index is -4.01. The van der Waals surface area contributed by atoms with Gasteiger partial charge in [-0.15, -0.1) is 0 Å². The van der Waals surface area contributed by atoms with Gasteiger partial charge in [0.1, 0.15) is 11.8 Å². The van der Waals surface area contributed by atoms with Crippen molar-refractivity contribution < 1.29 is 23.1 Å². The molecule has 2 aromatic carbocycles. The maximum atomic E-state index is 12.7. The molecule has 9 heteroatoms. The van der Waals surface area contributed by atoms with E-state index in [-0.39, 0.29) is 29.5 Å². The molecule has 2 aromatic rings. The molecule has 0 radical (unpaired) electrons. The predicted octanol–water partition coefficient (Wildman–Crippen LogP) is 1.35. The summed E-state index contributed by atoms with van der Waals surface area (Å²) in [4.78, 5) is 12.3. The van der Waals surface area contributed by atoms with Gasteiger partial charge >= 0.3 is 0 Å². The highest BCUT2D eigenvalue weighted by Gasteiger charge is 2.26. The van der Waals surface area contributed by atoms with Crippen LogP contribution >= 0.6 is 11.6 Å². The van der Waals surface area contributed by atoms with Crippen molar-refractivity contribution in [2.45, 2.75) is 17.4 Å². The van der Waals surface area contributed by atoms with Crippen LogP contribution in [0.2, 0.25) is 5.02 Å². The summed E-state index contributed by atoms with van der Waals surface area (Å²) in [5.41, 5.74) is 0.789. The average molecular weight is 413 g/mol. The van der Waals surface area contributed by atoms with Crippen LogP contribution in [0.4, 0.5) is 0 Å². The van der Waals surface area contributed by atoms with Gasteiger partial charge in [0.2, 0.25) is 15.9 Å². The van der Waals surface area contributed by atoms with E-state index in [1.54, 1.807) is 24.3 Å². The predicted molar refractivity (Wildman–Crippen MR) is 102 cm³/mol. The second kappa shape index (κ2) is 9.70. The standard InChI is InChI=1S/C18H21ClN2O5S/c1-26-17-8-7-14(12-15(17)19)27(24,25)21-16(18(23)20-9-10-22)11-13-5-3-2-4-6-13/h2-8,12,16,21-22H,9-11H2,1H3,(H,20,23)/t16-/m1/s1. The zero-order valence-corrected chi connectivity index (χ0v) is 16.3. The lowest BCUT2D eigenvalue weighted by Gasteiger charge is -2.19. The number of carbonyl (C=O) groups is 1. The van der Waals surface area contributed by atoms with Crippen LogP contribution in [-0.4, -0.2) is 45.7 Å². The summed E-state index contributed by atoms with van der Waals surface area (Å²) >= 11 is 6.01. The van der Waals surface area contributed by atoms with Crippen molar-refractivity contribution in [2.75, 3.05) is 20.3 Å². The highest BCUT2D eigenvalue weighted by molar-refractivity contribution is 7.89. The molecule has 0 fully saturated rings. The van der Waals surface area contributed by atoms with E-state index in [9.17, 15) is 13.2 Å². The van der Waals surface area contributed by atoms with Crippen LogP contribution in [-0.2, 0) is 21.2 Å². The van der Waals surface area contributed by atoms with E-state index in [2.05, 4.69) is 10.0 Å². The molecule has 27 heavy (non-hydrogen) atoms. The normalized spacial score (nSPS) is 12.4. The smallest absolute Gasteiger partial charge is 0.241 e. The van der Waals surface area contributed by atoms with Gasteiger partial charge < -0.3 is 15.2 Å². The number of methoxy groups -OCH3 is 1. The Hall–Kier alpha value is -2.13. The van der Waals surface area contributed by atoms with Crippen LogP contribution in [0.5, 0.6) is 5.75 Å². The van der Waals surface area contributed by atoms with Gasteiger partial charge in [0, 0.05) is 6.54 Å². The molecule has 0 bridgehead atoms. The van der Waals surface area contributed by atoms with Crippen molar-refractivity contribution in [3.8, 4) is 5.75 Å². The van der Waals surface area contributed by atoms with Crippen molar-refractivity contribution >= 4 is 27.5 Å². The molecule has 0 aliphatic rings. The topological polar surface area (TPSA) is 105 Å². The third kappa shape index (κ3) is 5.93. The van der Waals surface area contributed by atoms with E-state index in [0.29, 0.717) is 5.75 Å². The lowest BCUT2D eigenvalue weighted by molar-refractivity contribution is -0.122. The number of nitrogens with one attached hydrogen (secondary N) is 2. The summed E-state index contributed by atoms with van der Waals surface area (Å²) in [6, 6.07) is 12.0. The lowest BCUT2D eigenvalue weighted by atomic mass is 10.1. The van der Waals surface area contributed by atoms with E-state index in [1.165, 1.54) is 25.3 Å². The number of sulfonamides is 1. The average Bonchev–Trinajstić information content (AvgIpc) is 2.66. The van der Waals surface area contributed by atoms with Crippen molar-refractivity contribution in [3.05, 3.63) is 59.1 Å². The first-order valence-corrected chi connectivity index (χ1v) is 10.0. The first-order chi connectivity index (χ1) is 12.9. The molecule has 7 nitrogen and oxygen atoms in total. The number of benzene rings is 2. The number of ether oxygens (including phenoxy) is 1. The van der Waals surface area contributed by atoms with Gasteiger partial charge in [-0.3, -0.25) is 4.79 Å². The minimum absolute atomic E-state index is 0.0280. The van der Waals surface area contributed by atoms with E-state index in [4.69, 9.17) is 21.4 Å². The summed E-state index contributed by atoms with van der Waals surface area (Å²) < 4.78 is 32.9. The van der Waals surface area contributed by atoms with Crippen LogP contribution in [0.25, 0.3) is 0 Å². The molecule has 0 spiro atoms. The van der Waals surface area contributed by atoms with Crippen LogP contribution in [0.15, 0.2) is 53.4 Å². The monoisotopic (exact) mass is 412 g/mol. The van der Waals surface area contributed by atoms with Gasteiger partial charge in [-0.1, -0.05) is 41.9 Å². The minimum Gasteiger partial charge on any atom is -0.495 e. The second-order valence-electron chi connectivity index (χ2n) is 5.67. The van der Waals surface area contributed by atoms with Crippen molar-refractivity contribution in [1.82, 2.24) is 10.0 Å². The molecule has 0 saturated carbocycles. The van der Waals surface area contributed by atoms with E-state index < -0.39 is 22.0 Å². The summed E-state index contributed by atoms with van der Waals surface area (Å²) in [6.07, 6.45) is 0.154. The molecule has 3 N–H and O–H groups in total. The van der Waals surface area contributed by atoms with Gasteiger partial charge in [0.25, 0.3) is 0 Å². The SMILES string of the molecule is COc1ccc(S(=O)(=O)N[C@H](Cc2ccccc2)C(=O)NCCO)cc1Cl. The molecular formula is C18H21ClN2O5S. The number of rotatable bonds is 9. The van der Waals surface area contributed by atoms with Crippen molar-refractivity contribution in [2.24, 2.45) is 0 Å². The molecule has 1 amide bonds. The highest BCUT2D eigenvalue weighted by Crippen LogP contribution is 2.27. The number of amides is 1. The molecule has 1 atom stereocenters. The van der Waals surface area contributed by atoms with Crippen LogP contribution in [0.3, 0.4) is 0 Å². The maximum absolute atomic E-state index is 12.7. The van der Waals surface area contributed by atoms with Crippen molar-refractivity contribution in [3.63, 3.8) is 0 Å². The molecule has 0 heterocycles. The van der Waals surface area contributed by atoms with Gasteiger partial charge in [-0.05, 0) is 30.2 Å². The van der Waals surface area contributed by atoms with Gasteiger partial charge in [0.05, 0.1) is 23.6 Å². The fourth-order valence-corrected chi connectivity index (χ4v) is 3.95. The van der Waals surface area contributed by atoms with Crippen LogP contribution < -0.4 is 14.8 Å². The Balaban J connectivity index is 2.26. The zero-order valence-electron chi connectivity index (χ0n) is 14.7. The fourth-order valence-electron chi connectivity index (χ4n) is 2.41. The Morgan fingerprint density at radius 2 is 1.93 bits per heavy atom. The first-order valence-electron chi connectivity index (χ1n) is 8.15. The third-order valence-corrected chi connectivity index (χ3v) is 5.51. The van der Waals surface area contributed by atoms with Gasteiger partial charge in [-0.2, -0.15) is 4.72 Å². The first kappa shape index (κ1) is 21.2. The van der Waals surface area contributed by atoms with Crippen LogP contribution in [0, 0.1) is 0 Å². The number of aliphatic hydroxyl groups excluding tert-OH is 1. The van der Waals surface area contributed by atoms with Crippen LogP contribution in [0.1, 0.15) is 5.56 Å². The summed E-state index contributed by atoms with van der Waals surface area (Å²) in [6.45, 7) is -0.217. The lowest BCUT2D eigenvalue weighted by Crippen LogP contribution is -2.48. The molecule has 0 aliphatic carbocycles. The summed E-state index contributed by atoms with van der Waals surface area (Å²) in [7, 11) is -2.58. The summed E-state index contributed by atoms with van der Waals surface area (Å²) in [5.74, 6) is -0.187. The molecule has 0 saturated heterocycles. The van der Waals surface area contributed by atoms with Gasteiger partial charge in [0.15, 0.2) is 0 Å². The number of hydrogen-bond donors (Lipinski definition) is 3. The number of carbonyl (C=O) groups excluding carboxylic acids is 1. The molecule has 0 aliphatic heterocycles. The Bertz CT molecular complexity index is 875. The molecular weight excluding hydrogens is 392 g/mol. The van der Waals surface area contributed by atoms with E-state index in [0.717, 1.165) is 5.56 Å². The second-order valence-corrected chi connectivity index (χ2v) is 7.80. The number of aliphatic hydroxyl groups is 1. The molecule has 0 aromatic heterocycles. The quantitative estimate of drug-likeness (QED) is 0.576. The fraction of sp³-hybridized carbons (Fsp3) is 0.278. The molecule has 0 unspecified atom stereocenters. The Morgan fingerprint density at radius 1 is 1.22 bits per heavy atom. The summed E-state index contributed by atoms with van der Waals surface area (Å²) in [5, 5.41) is 11.5. The number of halogens is 1. The Morgan fingerprint density at radius 3 is 2.52 bits per heavy atom. The molecule has 2 rings (SSSR count). The Labute approximate surface area is 163 Å². The largest absolute Gasteiger partial charge is 0.495 e. The van der Waals surface area contributed by atoms with E-state index in [1.807, 2.05) is 6.07 Å². The number of hydrogen-bond acceptors (Lipinski definition) is 5. The molecule has 146 valence electrons. The third-order valence-electron chi connectivity index (χ3n) is 3.74.